The van der Waals surface area contributed by atoms with E-state index in [1.807, 2.05) is 24.3 Å². The van der Waals surface area contributed by atoms with Gasteiger partial charge in [0.1, 0.15) is 5.82 Å². The van der Waals surface area contributed by atoms with Crippen LogP contribution in [0.5, 0.6) is 0 Å². The van der Waals surface area contributed by atoms with Gasteiger partial charge in [-0.25, -0.2) is 27.0 Å². The Balaban J connectivity index is 1.50. The molecule has 2 aromatic heterocycles. The maximum Gasteiger partial charge on any atom is 0.238 e. The Morgan fingerprint density at radius 3 is 2.25 bits per heavy atom. The summed E-state index contributed by atoms with van der Waals surface area (Å²) >= 11 is 3.31. The maximum absolute atomic E-state index is 13.3. The van der Waals surface area contributed by atoms with Crippen molar-refractivity contribution in [3.05, 3.63) is 82.8 Å². The Kier molecular flexibility index (Phi) is 6.24. The Morgan fingerprint density at radius 1 is 0.889 bits per heavy atom. The topological polar surface area (TPSA) is 149 Å². The predicted molar refractivity (Wildman–Crippen MR) is 138 cm³/mol. The predicted octanol–water partition coefficient (Wildman–Crippen LogP) is 3.17. The van der Waals surface area contributed by atoms with Crippen molar-refractivity contribution in [3.63, 3.8) is 0 Å². The van der Waals surface area contributed by atoms with E-state index in [4.69, 9.17) is 5.14 Å². The minimum atomic E-state index is -3.97. The minimum absolute atomic E-state index is 0.0464. The monoisotopic (exact) mass is 586 g/mol. The fourth-order valence-electron chi connectivity index (χ4n) is 3.75. The number of anilines is 1. The summed E-state index contributed by atoms with van der Waals surface area (Å²) in [5.74, 6) is 0.480. The summed E-state index contributed by atoms with van der Waals surface area (Å²) in [6.07, 6.45) is 0.563. The molecule has 0 saturated heterocycles. The number of para-hydroxylation sites is 1. The Bertz CT molecular complexity index is 1800. The van der Waals surface area contributed by atoms with Crippen LogP contribution in [0.1, 0.15) is 5.56 Å². The van der Waals surface area contributed by atoms with Gasteiger partial charge < -0.3 is 5.32 Å². The second kappa shape index (κ2) is 9.24. The van der Waals surface area contributed by atoms with Gasteiger partial charge in [-0.2, -0.15) is 4.52 Å². The average Bonchev–Trinajstić information content (AvgIpc) is 3.29. The number of nitrogens with one attached hydrogen (secondary N) is 1. The van der Waals surface area contributed by atoms with Gasteiger partial charge >= 0.3 is 0 Å². The zero-order chi connectivity index (χ0) is 25.5. The number of aromatic nitrogens is 4. The molecule has 0 fully saturated rings. The molecule has 0 aliphatic rings. The van der Waals surface area contributed by atoms with E-state index in [1.165, 1.54) is 28.8 Å². The number of hydrogen-bond acceptors (Lipinski definition) is 8. The molecule has 0 aliphatic carbocycles. The molecule has 3 aromatic carbocycles. The largest absolute Gasteiger partial charge is 0.369 e. The van der Waals surface area contributed by atoms with E-state index < -0.39 is 19.9 Å². The van der Waals surface area contributed by atoms with Crippen LogP contribution in [-0.4, -0.2) is 43.2 Å². The minimum Gasteiger partial charge on any atom is -0.369 e. The van der Waals surface area contributed by atoms with E-state index in [0.717, 1.165) is 15.4 Å². The number of nitrogens with two attached hydrogens (primary N) is 1. The van der Waals surface area contributed by atoms with Crippen LogP contribution in [0.2, 0.25) is 0 Å². The second-order valence-electron chi connectivity index (χ2n) is 7.93. The molecule has 3 N–H and O–H groups in total. The van der Waals surface area contributed by atoms with Gasteiger partial charge in [-0.15, -0.1) is 5.10 Å². The molecule has 13 heteroatoms. The van der Waals surface area contributed by atoms with Crippen LogP contribution in [-0.2, 0) is 26.3 Å². The van der Waals surface area contributed by atoms with Crippen LogP contribution < -0.4 is 10.5 Å². The van der Waals surface area contributed by atoms with E-state index in [9.17, 15) is 16.8 Å². The summed E-state index contributed by atoms with van der Waals surface area (Å²) in [5, 5.41) is 17.0. The number of primary sulfonamides is 1. The molecule has 0 spiro atoms. The second-order valence-corrected chi connectivity index (χ2v) is 12.3. The number of rotatable bonds is 7. The van der Waals surface area contributed by atoms with E-state index in [1.54, 1.807) is 24.3 Å². The lowest BCUT2D eigenvalue weighted by molar-refractivity contribution is 0.592. The Morgan fingerprint density at radius 2 is 1.56 bits per heavy atom. The lowest BCUT2D eigenvalue weighted by Crippen LogP contribution is -2.12. The molecule has 0 radical (unpaired) electrons. The van der Waals surface area contributed by atoms with Gasteiger partial charge in [0, 0.05) is 16.4 Å². The van der Waals surface area contributed by atoms with Crippen molar-refractivity contribution < 1.29 is 16.8 Å². The molecule has 2 heterocycles. The molecule has 10 nitrogen and oxygen atoms in total. The van der Waals surface area contributed by atoms with Crippen molar-refractivity contribution >= 4 is 58.2 Å². The van der Waals surface area contributed by atoms with Crippen molar-refractivity contribution in [2.24, 2.45) is 5.14 Å². The zero-order valence-corrected chi connectivity index (χ0v) is 21.8. The highest BCUT2D eigenvalue weighted by Crippen LogP contribution is 2.28. The van der Waals surface area contributed by atoms with Gasteiger partial charge in [0.15, 0.2) is 5.65 Å². The van der Waals surface area contributed by atoms with E-state index >= 15 is 0 Å². The number of halogens is 1. The Labute approximate surface area is 215 Å². The third kappa shape index (κ3) is 4.57. The normalized spacial score (nSPS) is 12.3. The number of hydrogen-bond donors (Lipinski definition) is 2. The summed E-state index contributed by atoms with van der Waals surface area (Å²) in [5.41, 5.74) is 1.65. The number of fused-ring (bicyclic) bond motifs is 3. The third-order valence-electron chi connectivity index (χ3n) is 5.56. The van der Waals surface area contributed by atoms with E-state index in [2.05, 4.69) is 36.5 Å². The SMILES string of the molecule is NS(=O)(=O)c1ccc(CCNc2nc3c(S(=O)(=O)c4ccc(Br)cc4)nnn3c3ccccc23)cc1. The first-order chi connectivity index (χ1) is 17.1. The number of benzene rings is 3. The molecule has 5 aromatic rings. The first kappa shape index (κ1) is 24.3. The molecule has 0 bridgehead atoms. The van der Waals surface area contributed by atoms with E-state index in [0.29, 0.717) is 24.3 Å². The molecule has 0 saturated carbocycles. The molecule has 0 unspecified atom stereocenters. The molecule has 0 aliphatic heterocycles. The van der Waals surface area contributed by atoms with Gasteiger partial charge in [0.25, 0.3) is 0 Å². The van der Waals surface area contributed by atoms with Gasteiger partial charge in [0.2, 0.25) is 24.9 Å². The molecule has 0 atom stereocenters. The van der Waals surface area contributed by atoms with Crippen molar-refractivity contribution in [3.8, 4) is 0 Å². The smallest absolute Gasteiger partial charge is 0.238 e. The van der Waals surface area contributed by atoms with Crippen LogP contribution >= 0.6 is 15.9 Å². The van der Waals surface area contributed by atoms with Crippen LogP contribution in [0, 0.1) is 0 Å². The summed E-state index contributed by atoms with van der Waals surface area (Å²) in [6, 6.07) is 19.9. The summed E-state index contributed by atoms with van der Waals surface area (Å²) in [6.45, 7) is 0.457. The summed E-state index contributed by atoms with van der Waals surface area (Å²) in [4.78, 5) is 4.72. The standard InChI is InChI=1S/C23H19BrN6O4S2/c24-16-7-11-17(12-8-16)35(31,32)23-22-27-21(19-3-1-2-4-20(19)30(22)29-28-23)26-14-13-15-5-9-18(10-6-15)36(25,33)34/h1-12H,13-14H2,(H,26,27)(H2,25,33,34). The van der Waals surface area contributed by atoms with Crippen molar-refractivity contribution in [2.45, 2.75) is 21.2 Å². The van der Waals surface area contributed by atoms with Crippen LogP contribution in [0.4, 0.5) is 5.82 Å². The van der Waals surface area contributed by atoms with Crippen LogP contribution in [0.15, 0.2) is 92.1 Å². The molecule has 184 valence electrons. The van der Waals surface area contributed by atoms with Gasteiger partial charge in [-0.05, 0) is 60.5 Å². The maximum atomic E-state index is 13.3. The summed E-state index contributed by atoms with van der Waals surface area (Å²) < 4.78 is 51.7. The highest BCUT2D eigenvalue weighted by molar-refractivity contribution is 9.10. The fraction of sp³-hybridized carbons (Fsp3) is 0.0870. The first-order valence-electron chi connectivity index (χ1n) is 10.6. The highest BCUT2D eigenvalue weighted by atomic mass is 79.9. The molecular formula is C23H19BrN6O4S2. The lowest BCUT2D eigenvalue weighted by Gasteiger charge is -2.11. The quantitative estimate of drug-likeness (QED) is 0.295. The molecular weight excluding hydrogens is 568 g/mol. The number of sulfone groups is 1. The third-order valence-corrected chi connectivity index (χ3v) is 8.68. The lowest BCUT2D eigenvalue weighted by atomic mass is 10.1. The van der Waals surface area contributed by atoms with Crippen molar-refractivity contribution in [1.82, 2.24) is 19.8 Å². The van der Waals surface area contributed by atoms with Crippen LogP contribution in [0.3, 0.4) is 0 Å². The fourth-order valence-corrected chi connectivity index (χ4v) is 5.76. The summed E-state index contributed by atoms with van der Waals surface area (Å²) in [7, 11) is -7.72. The Hall–Kier alpha value is -3.39. The molecule has 5 rings (SSSR count). The van der Waals surface area contributed by atoms with Gasteiger partial charge in [-0.1, -0.05) is 45.4 Å². The zero-order valence-electron chi connectivity index (χ0n) is 18.5. The first-order valence-corrected chi connectivity index (χ1v) is 14.5. The van der Waals surface area contributed by atoms with Crippen LogP contribution in [0.25, 0.3) is 16.6 Å². The highest BCUT2D eigenvalue weighted by Gasteiger charge is 2.27. The molecule has 0 amide bonds. The molecule has 36 heavy (non-hydrogen) atoms. The number of sulfonamides is 1. The van der Waals surface area contributed by atoms with Crippen molar-refractivity contribution in [2.75, 3.05) is 11.9 Å². The van der Waals surface area contributed by atoms with Gasteiger partial charge in [-0.3, -0.25) is 0 Å². The van der Waals surface area contributed by atoms with E-state index in [-0.39, 0.29) is 20.5 Å². The average molecular weight is 587 g/mol. The van der Waals surface area contributed by atoms with Gasteiger partial charge in [0.05, 0.1) is 15.3 Å². The number of nitrogens with zero attached hydrogens (tertiary/aromatic N) is 4. The van der Waals surface area contributed by atoms with Crippen molar-refractivity contribution in [1.29, 1.82) is 0 Å².